The summed E-state index contributed by atoms with van der Waals surface area (Å²) in [5.74, 6) is -3.19. The lowest BCUT2D eigenvalue weighted by Crippen LogP contribution is -2.61. The van der Waals surface area contributed by atoms with Crippen LogP contribution < -0.4 is 0 Å². The maximum absolute atomic E-state index is 13.2. The predicted molar refractivity (Wildman–Crippen MR) is 330 cm³/mol. The van der Waals surface area contributed by atoms with E-state index in [1.165, 1.54) is 38.5 Å². The average Bonchev–Trinajstić information content (AvgIpc) is 3.53. The molecule has 460 valence electrons. The lowest BCUT2D eigenvalue weighted by molar-refractivity contribution is -0.301. The molecule has 0 aromatic carbocycles. The molecule has 3 N–H and O–H groups in total. The van der Waals surface area contributed by atoms with E-state index in [2.05, 4.69) is 130 Å². The molecule has 0 bridgehead atoms. The number of aliphatic hydroxyl groups excluding tert-OH is 2. The van der Waals surface area contributed by atoms with Crippen molar-refractivity contribution in [2.45, 2.75) is 289 Å². The smallest absolute Gasteiger partial charge is 0.335 e. The Labute approximate surface area is 491 Å². The summed E-state index contributed by atoms with van der Waals surface area (Å²) in [4.78, 5) is 51.3. The van der Waals surface area contributed by atoms with Crippen LogP contribution >= 0.6 is 0 Å². The van der Waals surface area contributed by atoms with Gasteiger partial charge in [0, 0.05) is 19.3 Å². The molecular weight excluding hydrogens is 1020 g/mol. The highest BCUT2D eigenvalue weighted by Crippen LogP contribution is 2.26. The summed E-state index contributed by atoms with van der Waals surface area (Å²) < 4.78 is 28.5. The third-order valence-corrected chi connectivity index (χ3v) is 13.8. The lowest BCUT2D eigenvalue weighted by Gasteiger charge is -2.40. The van der Waals surface area contributed by atoms with Gasteiger partial charge in [-0.1, -0.05) is 220 Å². The van der Waals surface area contributed by atoms with Gasteiger partial charge < -0.3 is 39.0 Å². The molecule has 1 aliphatic heterocycles. The first kappa shape index (κ1) is 74.4. The number of esters is 3. The van der Waals surface area contributed by atoms with Crippen molar-refractivity contribution in [3.05, 3.63) is 109 Å². The van der Waals surface area contributed by atoms with Gasteiger partial charge in [0.1, 0.15) is 18.8 Å². The largest absolute Gasteiger partial charge is 0.479 e. The summed E-state index contributed by atoms with van der Waals surface area (Å²) in [6.45, 7) is 5.73. The van der Waals surface area contributed by atoms with Crippen LogP contribution in [-0.2, 0) is 42.9 Å². The lowest BCUT2D eigenvalue weighted by atomic mass is 9.98. The van der Waals surface area contributed by atoms with E-state index in [1.54, 1.807) is 0 Å². The first-order valence-electron chi connectivity index (χ1n) is 31.9. The van der Waals surface area contributed by atoms with E-state index in [0.29, 0.717) is 19.3 Å². The van der Waals surface area contributed by atoms with Crippen LogP contribution in [0.25, 0.3) is 0 Å². The standard InChI is InChI=1S/C69H112O12/c1-4-7-10-13-16-19-22-25-28-30-31-33-35-37-40-43-46-49-52-55-61(70)77-58-60(79-62(71)56-53-50-47-44-41-39-36-32-29-26-23-20-17-14-11-8-5-2)59-78-69-67(65(74)64(73)66(81-69)68(75)76)80-63(72)57-54-51-48-45-42-38-34-27-24-21-18-15-12-9-6-3/h7-8,10-11,16-17,19-20,25-29,31,33-34,37,40,60,64-67,69,73-74H,4-6,9,12-15,18,21-24,30,32,35-36,38-39,41-59H2,1-3H3,(H,75,76)/b10-7-,11-8-,19-16-,20-17-,28-25-,29-26-,33-31-,34-27-,40-37-. The topological polar surface area (TPSA) is 175 Å². The molecule has 1 fully saturated rings. The van der Waals surface area contributed by atoms with Crippen molar-refractivity contribution < 1.29 is 58.2 Å². The molecule has 1 saturated heterocycles. The summed E-state index contributed by atoms with van der Waals surface area (Å²) in [5.41, 5.74) is 0. The monoisotopic (exact) mass is 1130 g/mol. The SMILES string of the molecule is CC/C=C\C/C=C\C/C=C\C/C=C\C/C=C\CCCCCC(=O)OCC(COC1OC(C(=O)O)C(O)C(O)C1OC(=O)CCCCCCC/C=C\CCCCCCCC)OC(=O)CCCCCCCCC/C=C\C/C=C\C/C=C\CC. The second-order valence-corrected chi connectivity index (χ2v) is 21.3. The van der Waals surface area contributed by atoms with E-state index in [4.69, 9.17) is 23.7 Å². The van der Waals surface area contributed by atoms with E-state index in [9.17, 15) is 34.5 Å². The minimum atomic E-state index is -1.92. The molecule has 0 amide bonds. The Morgan fingerprint density at radius 1 is 0.420 bits per heavy atom. The highest BCUT2D eigenvalue weighted by Gasteiger charge is 2.50. The van der Waals surface area contributed by atoms with Crippen LogP contribution in [0.5, 0.6) is 0 Å². The van der Waals surface area contributed by atoms with Crippen molar-refractivity contribution in [1.82, 2.24) is 0 Å². The maximum atomic E-state index is 13.2. The summed E-state index contributed by atoms with van der Waals surface area (Å²) in [5, 5.41) is 31.6. The fourth-order valence-corrected chi connectivity index (χ4v) is 8.99. The first-order valence-corrected chi connectivity index (χ1v) is 31.9. The zero-order chi connectivity index (χ0) is 58.9. The number of carboxylic acid groups (broad SMARTS) is 1. The Bertz CT molecular complexity index is 1820. The predicted octanol–water partition coefficient (Wildman–Crippen LogP) is 17.0. The van der Waals surface area contributed by atoms with Gasteiger partial charge in [-0.15, -0.1) is 0 Å². The summed E-state index contributed by atoms with van der Waals surface area (Å²) in [7, 11) is 0. The molecule has 0 aromatic rings. The molecule has 1 aliphatic rings. The second-order valence-electron chi connectivity index (χ2n) is 21.3. The number of carbonyl (C=O) groups is 4. The van der Waals surface area contributed by atoms with Crippen molar-refractivity contribution in [3.8, 4) is 0 Å². The third-order valence-electron chi connectivity index (χ3n) is 13.8. The van der Waals surface area contributed by atoms with Crippen molar-refractivity contribution in [2.24, 2.45) is 0 Å². The number of allylic oxidation sites excluding steroid dienone is 18. The van der Waals surface area contributed by atoms with E-state index >= 15 is 0 Å². The van der Waals surface area contributed by atoms with Crippen molar-refractivity contribution in [2.75, 3.05) is 13.2 Å². The maximum Gasteiger partial charge on any atom is 0.335 e. The normalized spacial score (nSPS) is 18.5. The zero-order valence-corrected chi connectivity index (χ0v) is 50.7. The van der Waals surface area contributed by atoms with Gasteiger partial charge in [-0.3, -0.25) is 14.4 Å². The second kappa shape index (κ2) is 55.9. The summed E-state index contributed by atoms with van der Waals surface area (Å²) in [6.07, 6.45) is 63.3. The highest BCUT2D eigenvalue weighted by molar-refractivity contribution is 5.74. The first-order chi connectivity index (χ1) is 39.6. The molecule has 12 heteroatoms. The molecule has 81 heavy (non-hydrogen) atoms. The molecule has 0 aromatic heterocycles. The molecule has 12 nitrogen and oxygen atoms in total. The molecule has 0 radical (unpaired) electrons. The fourth-order valence-electron chi connectivity index (χ4n) is 8.99. The van der Waals surface area contributed by atoms with Gasteiger partial charge in [0.25, 0.3) is 0 Å². The van der Waals surface area contributed by atoms with Crippen molar-refractivity contribution >= 4 is 23.9 Å². The van der Waals surface area contributed by atoms with Crippen molar-refractivity contribution in [3.63, 3.8) is 0 Å². The Balaban J connectivity index is 2.71. The number of carbonyl (C=O) groups excluding carboxylic acids is 3. The molecule has 0 spiro atoms. The number of rotatable bonds is 53. The van der Waals surface area contributed by atoms with Gasteiger partial charge in [-0.25, -0.2) is 4.79 Å². The Morgan fingerprint density at radius 3 is 1.21 bits per heavy atom. The number of hydrogen-bond acceptors (Lipinski definition) is 11. The van der Waals surface area contributed by atoms with Crippen LogP contribution in [0.2, 0.25) is 0 Å². The molecule has 6 unspecified atom stereocenters. The van der Waals surface area contributed by atoms with Gasteiger partial charge in [-0.05, 0) is 122 Å². The van der Waals surface area contributed by atoms with Gasteiger partial charge in [0.2, 0.25) is 0 Å². The quantitative estimate of drug-likeness (QED) is 0.0228. The van der Waals surface area contributed by atoms with Crippen LogP contribution in [0.4, 0.5) is 0 Å². The molecule has 1 rings (SSSR count). The minimum Gasteiger partial charge on any atom is -0.479 e. The van der Waals surface area contributed by atoms with Crippen LogP contribution in [0.1, 0.15) is 252 Å². The highest BCUT2D eigenvalue weighted by atomic mass is 16.7. The number of carboxylic acids is 1. The molecule has 1 heterocycles. The number of aliphatic carboxylic acids is 1. The molecular formula is C69H112O12. The number of aliphatic hydroxyl groups is 2. The fraction of sp³-hybridized carbons (Fsp3) is 0.681. The van der Waals surface area contributed by atoms with Crippen LogP contribution in [0, 0.1) is 0 Å². The van der Waals surface area contributed by atoms with E-state index in [1.807, 2.05) is 0 Å². The third kappa shape index (κ3) is 45.6. The van der Waals surface area contributed by atoms with Gasteiger partial charge >= 0.3 is 23.9 Å². The van der Waals surface area contributed by atoms with Gasteiger partial charge in [0.15, 0.2) is 24.6 Å². The van der Waals surface area contributed by atoms with Crippen LogP contribution in [0.15, 0.2) is 109 Å². The van der Waals surface area contributed by atoms with E-state index in [0.717, 1.165) is 154 Å². The number of unbranched alkanes of at least 4 members (excludes halogenated alkanes) is 21. The summed E-state index contributed by atoms with van der Waals surface area (Å²) in [6, 6.07) is 0. The Morgan fingerprint density at radius 2 is 0.778 bits per heavy atom. The minimum absolute atomic E-state index is 0.0415. The Kier molecular flexibility index (Phi) is 51.3. The molecule has 0 aliphatic carbocycles. The van der Waals surface area contributed by atoms with Gasteiger partial charge in [0.05, 0.1) is 6.61 Å². The van der Waals surface area contributed by atoms with Crippen LogP contribution in [-0.4, -0.2) is 89.2 Å². The Hall–Kier alpha value is -4.62. The zero-order valence-electron chi connectivity index (χ0n) is 50.7. The van der Waals surface area contributed by atoms with Gasteiger partial charge in [-0.2, -0.15) is 0 Å². The van der Waals surface area contributed by atoms with E-state index in [-0.39, 0.29) is 25.9 Å². The molecule has 0 saturated carbocycles. The number of ether oxygens (including phenoxy) is 5. The summed E-state index contributed by atoms with van der Waals surface area (Å²) >= 11 is 0. The number of hydrogen-bond donors (Lipinski definition) is 3. The van der Waals surface area contributed by atoms with Crippen molar-refractivity contribution in [1.29, 1.82) is 0 Å². The molecule has 6 atom stereocenters. The van der Waals surface area contributed by atoms with E-state index < -0.39 is 67.3 Å². The van der Waals surface area contributed by atoms with Crippen LogP contribution in [0.3, 0.4) is 0 Å². The average molecular weight is 1130 g/mol.